The summed E-state index contributed by atoms with van der Waals surface area (Å²) in [5.74, 6) is 0.912. The predicted molar refractivity (Wildman–Crippen MR) is 81.9 cm³/mol. The topological polar surface area (TPSA) is 34.1 Å². The first-order valence-electron chi connectivity index (χ1n) is 7.04. The first-order valence-corrected chi connectivity index (χ1v) is 7.04. The van der Waals surface area contributed by atoms with E-state index < -0.39 is 0 Å². The summed E-state index contributed by atoms with van der Waals surface area (Å²) < 4.78 is 5.16. The van der Waals surface area contributed by atoms with E-state index in [0.29, 0.717) is 6.04 Å². The summed E-state index contributed by atoms with van der Waals surface area (Å²) in [5.41, 5.74) is 2.43. The lowest BCUT2D eigenvalue weighted by molar-refractivity contribution is 0.414. The average molecular weight is 270 g/mol. The molecule has 0 radical (unpaired) electrons. The SMILES string of the molecule is COc1ccc(CC[C@H](C)NCc2ccccn2)cc1. The van der Waals surface area contributed by atoms with Crippen LogP contribution in [0.5, 0.6) is 5.75 Å². The van der Waals surface area contributed by atoms with Gasteiger partial charge in [-0.15, -0.1) is 0 Å². The molecule has 0 amide bonds. The van der Waals surface area contributed by atoms with Crippen molar-refractivity contribution >= 4 is 0 Å². The lowest BCUT2D eigenvalue weighted by atomic mass is 10.1. The molecule has 0 saturated heterocycles. The van der Waals surface area contributed by atoms with E-state index in [1.54, 1.807) is 7.11 Å². The third-order valence-electron chi connectivity index (χ3n) is 3.38. The summed E-state index contributed by atoms with van der Waals surface area (Å²) in [7, 11) is 1.69. The van der Waals surface area contributed by atoms with Gasteiger partial charge in [0.2, 0.25) is 0 Å². The van der Waals surface area contributed by atoms with Gasteiger partial charge in [0.15, 0.2) is 0 Å². The van der Waals surface area contributed by atoms with Gasteiger partial charge < -0.3 is 10.1 Å². The Labute approximate surface area is 121 Å². The van der Waals surface area contributed by atoms with Crippen LogP contribution in [-0.2, 0) is 13.0 Å². The highest BCUT2D eigenvalue weighted by atomic mass is 16.5. The van der Waals surface area contributed by atoms with E-state index >= 15 is 0 Å². The van der Waals surface area contributed by atoms with Crippen LogP contribution in [0.3, 0.4) is 0 Å². The van der Waals surface area contributed by atoms with Crippen LogP contribution in [0.1, 0.15) is 24.6 Å². The number of rotatable bonds is 7. The van der Waals surface area contributed by atoms with Crippen molar-refractivity contribution in [1.29, 1.82) is 0 Å². The highest BCUT2D eigenvalue weighted by Crippen LogP contribution is 2.13. The maximum absolute atomic E-state index is 5.16. The first kappa shape index (κ1) is 14.5. The molecule has 3 nitrogen and oxygen atoms in total. The summed E-state index contributed by atoms with van der Waals surface area (Å²) in [5, 5.41) is 3.50. The number of ether oxygens (including phenoxy) is 1. The van der Waals surface area contributed by atoms with Crippen molar-refractivity contribution in [2.45, 2.75) is 32.4 Å². The number of aromatic nitrogens is 1. The third-order valence-corrected chi connectivity index (χ3v) is 3.38. The largest absolute Gasteiger partial charge is 0.497 e. The molecule has 106 valence electrons. The normalized spacial score (nSPS) is 12.1. The molecule has 1 aromatic heterocycles. The lowest BCUT2D eigenvalue weighted by Gasteiger charge is -2.13. The minimum atomic E-state index is 0.471. The highest BCUT2D eigenvalue weighted by molar-refractivity contribution is 5.27. The molecule has 1 atom stereocenters. The first-order chi connectivity index (χ1) is 9.78. The fourth-order valence-electron chi connectivity index (χ4n) is 2.06. The number of hydrogen-bond donors (Lipinski definition) is 1. The molecule has 0 spiro atoms. The van der Waals surface area contributed by atoms with Gasteiger partial charge in [-0.05, 0) is 49.6 Å². The summed E-state index contributed by atoms with van der Waals surface area (Å²) in [6, 6.07) is 14.8. The Balaban J connectivity index is 1.73. The van der Waals surface area contributed by atoms with Crippen LogP contribution in [0.2, 0.25) is 0 Å². The van der Waals surface area contributed by atoms with Crippen LogP contribution in [0.15, 0.2) is 48.7 Å². The lowest BCUT2D eigenvalue weighted by Crippen LogP contribution is -2.26. The quantitative estimate of drug-likeness (QED) is 0.839. The molecule has 1 N–H and O–H groups in total. The number of aryl methyl sites for hydroxylation is 1. The molecule has 2 rings (SSSR count). The van der Waals surface area contributed by atoms with Gasteiger partial charge in [0.25, 0.3) is 0 Å². The zero-order chi connectivity index (χ0) is 14.2. The molecule has 0 unspecified atom stereocenters. The predicted octanol–water partition coefficient (Wildman–Crippen LogP) is 3.20. The summed E-state index contributed by atoms with van der Waals surface area (Å²) in [6.45, 7) is 3.04. The summed E-state index contributed by atoms with van der Waals surface area (Å²) in [6.07, 6.45) is 4.01. The van der Waals surface area contributed by atoms with E-state index in [-0.39, 0.29) is 0 Å². The molecule has 0 fully saturated rings. The van der Waals surface area contributed by atoms with E-state index in [1.807, 2.05) is 36.5 Å². The van der Waals surface area contributed by atoms with Crippen molar-refractivity contribution in [3.8, 4) is 5.75 Å². The number of benzene rings is 1. The maximum Gasteiger partial charge on any atom is 0.118 e. The summed E-state index contributed by atoms with van der Waals surface area (Å²) >= 11 is 0. The molecular formula is C17H22N2O. The van der Waals surface area contributed by atoms with Gasteiger partial charge in [0.1, 0.15) is 5.75 Å². The van der Waals surface area contributed by atoms with Gasteiger partial charge in [-0.3, -0.25) is 4.98 Å². The van der Waals surface area contributed by atoms with Crippen molar-refractivity contribution in [1.82, 2.24) is 10.3 Å². The van der Waals surface area contributed by atoms with Gasteiger partial charge in [0.05, 0.1) is 12.8 Å². The fraction of sp³-hybridized carbons (Fsp3) is 0.353. The molecule has 0 aliphatic rings. The maximum atomic E-state index is 5.16. The molecule has 0 aliphatic carbocycles. The van der Waals surface area contributed by atoms with Crippen LogP contribution >= 0.6 is 0 Å². The number of pyridine rings is 1. The molecule has 20 heavy (non-hydrogen) atoms. The number of methoxy groups -OCH3 is 1. The van der Waals surface area contributed by atoms with Gasteiger partial charge in [-0.2, -0.15) is 0 Å². The molecule has 1 aromatic carbocycles. The van der Waals surface area contributed by atoms with Crippen molar-refractivity contribution in [3.63, 3.8) is 0 Å². The van der Waals surface area contributed by atoms with Crippen molar-refractivity contribution < 1.29 is 4.74 Å². The molecule has 0 bridgehead atoms. The van der Waals surface area contributed by atoms with Crippen LogP contribution in [0, 0.1) is 0 Å². The van der Waals surface area contributed by atoms with Crippen LogP contribution in [0.4, 0.5) is 0 Å². The molecular weight excluding hydrogens is 248 g/mol. The number of nitrogens with zero attached hydrogens (tertiary/aromatic N) is 1. The van der Waals surface area contributed by atoms with E-state index in [2.05, 4.69) is 29.4 Å². The zero-order valence-electron chi connectivity index (χ0n) is 12.2. The van der Waals surface area contributed by atoms with Crippen molar-refractivity contribution in [2.24, 2.45) is 0 Å². The Bertz CT molecular complexity index is 496. The van der Waals surface area contributed by atoms with Crippen LogP contribution in [0.25, 0.3) is 0 Å². The fourth-order valence-corrected chi connectivity index (χ4v) is 2.06. The molecule has 1 heterocycles. The Morgan fingerprint density at radius 3 is 2.60 bits per heavy atom. The van der Waals surface area contributed by atoms with Gasteiger partial charge in [0, 0.05) is 18.8 Å². The molecule has 0 aliphatic heterocycles. The molecule has 0 saturated carbocycles. The Morgan fingerprint density at radius 2 is 1.95 bits per heavy atom. The van der Waals surface area contributed by atoms with Gasteiger partial charge in [-0.1, -0.05) is 18.2 Å². The minimum Gasteiger partial charge on any atom is -0.497 e. The molecule has 3 heteroatoms. The monoisotopic (exact) mass is 270 g/mol. The molecule has 2 aromatic rings. The van der Waals surface area contributed by atoms with E-state index in [0.717, 1.165) is 30.8 Å². The van der Waals surface area contributed by atoms with Gasteiger partial charge >= 0.3 is 0 Å². The van der Waals surface area contributed by atoms with Crippen molar-refractivity contribution in [3.05, 3.63) is 59.9 Å². The Kier molecular flexibility index (Phi) is 5.56. The smallest absolute Gasteiger partial charge is 0.118 e. The number of nitrogens with one attached hydrogen (secondary N) is 1. The van der Waals surface area contributed by atoms with E-state index in [9.17, 15) is 0 Å². The second-order valence-electron chi connectivity index (χ2n) is 4.99. The van der Waals surface area contributed by atoms with Gasteiger partial charge in [-0.25, -0.2) is 0 Å². The second kappa shape index (κ2) is 7.65. The highest BCUT2D eigenvalue weighted by Gasteiger charge is 2.03. The Hall–Kier alpha value is -1.87. The number of hydrogen-bond acceptors (Lipinski definition) is 3. The minimum absolute atomic E-state index is 0.471. The Morgan fingerprint density at radius 1 is 1.15 bits per heavy atom. The van der Waals surface area contributed by atoms with Crippen LogP contribution < -0.4 is 10.1 Å². The second-order valence-corrected chi connectivity index (χ2v) is 4.99. The van der Waals surface area contributed by atoms with Crippen molar-refractivity contribution in [2.75, 3.05) is 7.11 Å². The van der Waals surface area contributed by atoms with E-state index in [4.69, 9.17) is 4.74 Å². The third kappa shape index (κ3) is 4.67. The standard InChI is InChI=1S/C17H22N2O/c1-14(19-13-16-5-3-4-12-18-16)6-7-15-8-10-17(20-2)11-9-15/h3-5,8-12,14,19H,6-7,13H2,1-2H3/t14-/m0/s1. The van der Waals surface area contributed by atoms with Crippen LogP contribution in [-0.4, -0.2) is 18.1 Å². The summed E-state index contributed by atoms with van der Waals surface area (Å²) in [4.78, 5) is 4.31. The van der Waals surface area contributed by atoms with E-state index in [1.165, 1.54) is 5.56 Å². The zero-order valence-corrected chi connectivity index (χ0v) is 12.2. The average Bonchev–Trinajstić information content (AvgIpc) is 2.52.